The standard InChI is InChI=1S/C20H27NO4/c1-5-14(15-10-8-7-9-11-15)12-17(22)21-20(18(23)24)13-16(25-6-2)19(20,3)4/h5,7-11,14,16H,1,6,12-13H2,2-4H3,(H,21,22)(H,23,24). The summed E-state index contributed by atoms with van der Waals surface area (Å²) in [4.78, 5) is 24.5. The van der Waals surface area contributed by atoms with Crippen LogP contribution in [0.1, 0.15) is 45.1 Å². The van der Waals surface area contributed by atoms with E-state index in [4.69, 9.17) is 4.74 Å². The van der Waals surface area contributed by atoms with Crippen molar-refractivity contribution in [1.29, 1.82) is 0 Å². The molecule has 1 aromatic rings. The number of rotatable bonds is 8. The molecule has 0 radical (unpaired) electrons. The van der Waals surface area contributed by atoms with Gasteiger partial charge in [-0.15, -0.1) is 6.58 Å². The van der Waals surface area contributed by atoms with Crippen molar-refractivity contribution in [3.05, 3.63) is 48.6 Å². The molecular formula is C20H27NO4. The number of carbonyl (C=O) groups excluding carboxylic acids is 1. The van der Waals surface area contributed by atoms with Crippen LogP contribution in [-0.2, 0) is 14.3 Å². The molecule has 2 N–H and O–H groups in total. The minimum atomic E-state index is -1.30. The van der Waals surface area contributed by atoms with Gasteiger partial charge in [0.15, 0.2) is 0 Å². The molecule has 0 bridgehead atoms. The summed E-state index contributed by atoms with van der Waals surface area (Å²) in [5, 5.41) is 12.5. The summed E-state index contributed by atoms with van der Waals surface area (Å²) in [6, 6.07) is 9.60. The van der Waals surface area contributed by atoms with Crippen molar-refractivity contribution < 1.29 is 19.4 Å². The van der Waals surface area contributed by atoms with E-state index >= 15 is 0 Å². The van der Waals surface area contributed by atoms with Crippen LogP contribution in [0.4, 0.5) is 0 Å². The van der Waals surface area contributed by atoms with Crippen LogP contribution in [0.2, 0.25) is 0 Å². The number of ether oxygens (including phenoxy) is 1. The lowest BCUT2D eigenvalue weighted by Crippen LogP contribution is -2.76. The Morgan fingerprint density at radius 1 is 1.40 bits per heavy atom. The Morgan fingerprint density at radius 3 is 2.52 bits per heavy atom. The van der Waals surface area contributed by atoms with E-state index in [-0.39, 0.29) is 30.8 Å². The van der Waals surface area contributed by atoms with Crippen LogP contribution in [-0.4, -0.2) is 35.2 Å². The van der Waals surface area contributed by atoms with Crippen molar-refractivity contribution in [3.63, 3.8) is 0 Å². The highest BCUT2D eigenvalue weighted by Crippen LogP contribution is 2.51. The molecule has 0 saturated heterocycles. The maximum absolute atomic E-state index is 12.6. The van der Waals surface area contributed by atoms with Gasteiger partial charge in [-0.25, -0.2) is 4.79 Å². The van der Waals surface area contributed by atoms with Gasteiger partial charge in [0, 0.05) is 30.8 Å². The molecule has 0 aliphatic heterocycles. The van der Waals surface area contributed by atoms with E-state index in [1.165, 1.54) is 0 Å². The lowest BCUT2D eigenvalue weighted by molar-refractivity contribution is -0.194. The first kappa shape index (κ1) is 19.2. The number of carboxylic acid groups (broad SMARTS) is 1. The predicted molar refractivity (Wildman–Crippen MR) is 96.3 cm³/mol. The zero-order valence-corrected chi connectivity index (χ0v) is 15.1. The van der Waals surface area contributed by atoms with Gasteiger partial charge in [0.1, 0.15) is 5.54 Å². The number of hydrogen-bond acceptors (Lipinski definition) is 3. The molecular weight excluding hydrogens is 318 g/mol. The van der Waals surface area contributed by atoms with E-state index in [0.717, 1.165) is 5.56 Å². The van der Waals surface area contributed by atoms with E-state index < -0.39 is 16.9 Å². The van der Waals surface area contributed by atoms with Crippen molar-refractivity contribution in [3.8, 4) is 0 Å². The molecule has 1 aromatic carbocycles. The number of benzene rings is 1. The van der Waals surface area contributed by atoms with E-state index in [9.17, 15) is 14.7 Å². The second-order valence-electron chi connectivity index (χ2n) is 7.09. The normalized spacial score (nSPS) is 25.5. The number of carbonyl (C=O) groups is 2. The minimum Gasteiger partial charge on any atom is -0.479 e. The number of amides is 1. The largest absolute Gasteiger partial charge is 0.479 e. The topological polar surface area (TPSA) is 75.6 Å². The molecule has 0 spiro atoms. The average Bonchev–Trinajstić information content (AvgIpc) is 2.59. The Labute approximate surface area is 149 Å². The number of aliphatic carboxylic acids is 1. The monoisotopic (exact) mass is 345 g/mol. The Morgan fingerprint density at radius 2 is 2.04 bits per heavy atom. The lowest BCUT2D eigenvalue weighted by Gasteiger charge is -2.58. The second-order valence-corrected chi connectivity index (χ2v) is 7.09. The van der Waals surface area contributed by atoms with Crippen molar-refractivity contribution in [2.45, 2.75) is 51.2 Å². The van der Waals surface area contributed by atoms with Crippen LogP contribution in [0.15, 0.2) is 43.0 Å². The third kappa shape index (κ3) is 3.47. The summed E-state index contributed by atoms with van der Waals surface area (Å²) in [6.45, 7) is 9.86. The SMILES string of the molecule is C=CC(CC(=O)NC1(C(=O)O)CC(OCC)C1(C)C)c1ccccc1. The van der Waals surface area contributed by atoms with Gasteiger partial charge in [-0.05, 0) is 12.5 Å². The van der Waals surface area contributed by atoms with E-state index in [2.05, 4.69) is 11.9 Å². The Hall–Kier alpha value is -2.14. The molecule has 5 nitrogen and oxygen atoms in total. The predicted octanol–water partition coefficient (Wildman–Crippen LogP) is 3.12. The summed E-state index contributed by atoms with van der Waals surface area (Å²) in [5.74, 6) is -1.46. The molecule has 1 fully saturated rings. The highest BCUT2D eigenvalue weighted by molar-refractivity contribution is 5.89. The van der Waals surface area contributed by atoms with Crippen molar-refractivity contribution in [2.24, 2.45) is 5.41 Å². The van der Waals surface area contributed by atoms with Crippen LogP contribution in [0.25, 0.3) is 0 Å². The molecule has 0 heterocycles. The van der Waals surface area contributed by atoms with Crippen LogP contribution >= 0.6 is 0 Å². The number of hydrogen-bond donors (Lipinski definition) is 2. The Bertz CT molecular complexity index is 640. The molecule has 1 aliphatic carbocycles. The fraction of sp³-hybridized carbons (Fsp3) is 0.500. The molecule has 136 valence electrons. The van der Waals surface area contributed by atoms with Gasteiger partial charge >= 0.3 is 5.97 Å². The Kier molecular flexibility index (Phi) is 5.68. The molecule has 1 saturated carbocycles. The third-order valence-corrected chi connectivity index (χ3v) is 5.40. The summed E-state index contributed by atoms with van der Waals surface area (Å²) in [5.41, 5.74) is -0.996. The first-order valence-corrected chi connectivity index (χ1v) is 8.62. The van der Waals surface area contributed by atoms with E-state index in [1.807, 2.05) is 51.1 Å². The minimum absolute atomic E-state index is 0.155. The average molecular weight is 345 g/mol. The molecule has 1 aliphatic rings. The first-order valence-electron chi connectivity index (χ1n) is 8.62. The van der Waals surface area contributed by atoms with Crippen molar-refractivity contribution >= 4 is 11.9 Å². The lowest BCUT2D eigenvalue weighted by atomic mass is 9.54. The third-order valence-electron chi connectivity index (χ3n) is 5.40. The highest BCUT2D eigenvalue weighted by Gasteiger charge is 2.66. The Balaban J connectivity index is 2.12. The van der Waals surface area contributed by atoms with Crippen LogP contribution in [0.3, 0.4) is 0 Å². The first-order chi connectivity index (χ1) is 11.8. The molecule has 3 atom stereocenters. The zero-order chi connectivity index (χ0) is 18.7. The smallest absolute Gasteiger partial charge is 0.330 e. The molecule has 1 amide bonds. The van der Waals surface area contributed by atoms with Gasteiger partial charge in [0.2, 0.25) is 5.91 Å². The molecule has 0 aromatic heterocycles. The molecule has 2 rings (SSSR count). The van der Waals surface area contributed by atoms with Gasteiger partial charge in [0.25, 0.3) is 0 Å². The van der Waals surface area contributed by atoms with Gasteiger partial charge in [0.05, 0.1) is 6.10 Å². The summed E-state index contributed by atoms with van der Waals surface area (Å²) in [6.07, 6.45) is 1.98. The fourth-order valence-electron chi connectivity index (χ4n) is 3.56. The van der Waals surface area contributed by atoms with E-state index in [1.54, 1.807) is 6.08 Å². The maximum Gasteiger partial charge on any atom is 0.330 e. The van der Waals surface area contributed by atoms with Gasteiger partial charge in [-0.2, -0.15) is 0 Å². The second kappa shape index (κ2) is 7.40. The molecule has 5 heteroatoms. The van der Waals surface area contributed by atoms with Crippen molar-refractivity contribution in [2.75, 3.05) is 6.61 Å². The fourth-order valence-corrected chi connectivity index (χ4v) is 3.56. The molecule has 25 heavy (non-hydrogen) atoms. The highest BCUT2D eigenvalue weighted by atomic mass is 16.5. The quantitative estimate of drug-likeness (QED) is 0.710. The van der Waals surface area contributed by atoms with Gasteiger partial charge < -0.3 is 15.2 Å². The zero-order valence-electron chi connectivity index (χ0n) is 15.1. The number of carboxylic acids is 1. The summed E-state index contributed by atoms with van der Waals surface area (Å²) >= 11 is 0. The van der Waals surface area contributed by atoms with Crippen molar-refractivity contribution in [1.82, 2.24) is 5.32 Å². The van der Waals surface area contributed by atoms with Crippen LogP contribution in [0.5, 0.6) is 0 Å². The van der Waals surface area contributed by atoms with E-state index in [0.29, 0.717) is 6.61 Å². The molecule has 3 unspecified atom stereocenters. The number of allylic oxidation sites excluding steroid dienone is 1. The van der Waals surface area contributed by atoms with Gasteiger partial charge in [-0.3, -0.25) is 4.79 Å². The van der Waals surface area contributed by atoms with Crippen LogP contribution < -0.4 is 5.32 Å². The van der Waals surface area contributed by atoms with Gasteiger partial charge in [-0.1, -0.05) is 50.3 Å². The maximum atomic E-state index is 12.6. The number of nitrogens with one attached hydrogen (secondary N) is 1. The van der Waals surface area contributed by atoms with Crippen LogP contribution in [0, 0.1) is 5.41 Å². The summed E-state index contributed by atoms with van der Waals surface area (Å²) in [7, 11) is 0. The summed E-state index contributed by atoms with van der Waals surface area (Å²) < 4.78 is 5.62.